The Bertz CT molecular complexity index is 1330. The predicted molar refractivity (Wildman–Crippen MR) is 125 cm³/mol. The number of carbonyl (C=O) groups is 1. The van der Waals surface area contributed by atoms with Gasteiger partial charge >= 0.3 is 0 Å². The van der Waals surface area contributed by atoms with E-state index in [-0.39, 0.29) is 12.3 Å². The molecule has 0 fully saturated rings. The summed E-state index contributed by atoms with van der Waals surface area (Å²) in [4.78, 5) is 27.5. The maximum absolute atomic E-state index is 12.7. The van der Waals surface area contributed by atoms with Gasteiger partial charge in [0, 0.05) is 23.1 Å². The number of nitro groups is 1. The standard InChI is InChI=1S/C25H17N3O4S/c26-14-22(25-27-23(16-33-25)19-7-4-8-20(13-19)28(30)31)24(29)15-32-21-11-9-18(10-12-21)17-5-2-1-3-6-17/h1-13,16,22H,15H2. The molecule has 0 aliphatic carbocycles. The van der Waals surface area contributed by atoms with Gasteiger partial charge in [0.2, 0.25) is 0 Å². The van der Waals surface area contributed by atoms with Crippen LogP contribution in [0.2, 0.25) is 0 Å². The van der Waals surface area contributed by atoms with Crippen molar-refractivity contribution in [3.05, 3.63) is 99.4 Å². The van der Waals surface area contributed by atoms with Gasteiger partial charge in [0.05, 0.1) is 16.7 Å². The molecule has 0 saturated heterocycles. The number of aromatic nitrogens is 1. The van der Waals surface area contributed by atoms with Crippen molar-refractivity contribution in [3.8, 4) is 34.2 Å². The number of nitrogens with zero attached hydrogens (tertiary/aromatic N) is 3. The van der Waals surface area contributed by atoms with Crippen molar-refractivity contribution in [3.63, 3.8) is 0 Å². The van der Waals surface area contributed by atoms with Crippen LogP contribution in [-0.2, 0) is 4.79 Å². The third kappa shape index (κ3) is 5.11. The minimum atomic E-state index is -1.08. The van der Waals surface area contributed by atoms with Gasteiger partial charge in [-0.2, -0.15) is 5.26 Å². The quantitative estimate of drug-likeness (QED) is 0.251. The van der Waals surface area contributed by atoms with Crippen LogP contribution in [0, 0.1) is 21.4 Å². The lowest BCUT2D eigenvalue weighted by Gasteiger charge is -2.09. The van der Waals surface area contributed by atoms with Crippen LogP contribution >= 0.6 is 11.3 Å². The molecular formula is C25H17N3O4S. The summed E-state index contributed by atoms with van der Waals surface area (Å²) < 4.78 is 5.60. The fourth-order valence-electron chi connectivity index (χ4n) is 3.21. The zero-order chi connectivity index (χ0) is 23.2. The highest BCUT2D eigenvalue weighted by Gasteiger charge is 2.24. The number of nitro benzene ring substituents is 1. The minimum absolute atomic E-state index is 0.0540. The molecule has 0 aliphatic heterocycles. The van der Waals surface area contributed by atoms with E-state index in [1.165, 1.54) is 12.1 Å². The van der Waals surface area contributed by atoms with Crippen molar-refractivity contribution < 1.29 is 14.5 Å². The first kappa shape index (κ1) is 21.9. The van der Waals surface area contributed by atoms with Crippen LogP contribution in [0.25, 0.3) is 22.4 Å². The van der Waals surface area contributed by atoms with Gasteiger partial charge in [0.1, 0.15) is 17.4 Å². The largest absolute Gasteiger partial charge is 0.486 e. The van der Waals surface area contributed by atoms with Crippen LogP contribution in [0.5, 0.6) is 5.75 Å². The molecule has 1 heterocycles. The number of thiazole rings is 1. The summed E-state index contributed by atoms with van der Waals surface area (Å²) in [5.41, 5.74) is 3.07. The van der Waals surface area contributed by atoms with Crippen molar-refractivity contribution in [1.29, 1.82) is 5.26 Å². The highest BCUT2D eigenvalue weighted by Crippen LogP contribution is 2.29. The van der Waals surface area contributed by atoms with Crippen molar-refractivity contribution in [2.75, 3.05) is 6.61 Å². The van der Waals surface area contributed by atoms with Crippen LogP contribution in [0.1, 0.15) is 10.9 Å². The molecule has 0 aliphatic rings. The SMILES string of the molecule is N#CC(C(=O)COc1ccc(-c2ccccc2)cc1)c1nc(-c2cccc([N+](=O)[O-])c2)cs1. The van der Waals surface area contributed by atoms with Gasteiger partial charge in [-0.05, 0) is 23.3 Å². The molecule has 0 radical (unpaired) electrons. The number of Topliss-reactive ketones (excluding diaryl/α,β-unsaturated/α-hetero) is 1. The summed E-state index contributed by atoms with van der Waals surface area (Å²) in [5, 5.41) is 22.6. The van der Waals surface area contributed by atoms with Gasteiger partial charge in [0.15, 0.2) is 11.7 Å². The first-order valence-corrected chi connectivity index (χ1v) is 10.8. The molecule has 162 valence electrons. The second-order valence-corrected chi connectivity index (χ2v) is 7.98. The molecule has 0 saturated carbocycles. The number of benzene rings is 3. The molecule has 4 aromatic rings. The van der Waals surface area contributed by atoms with Gasteiger partial charge < -0.3 is 4.74 Å². The van der Waals surface area contributed by atoms with Crippen molar-refractivity contribution >= 4 is 22.8 Å². The zero-order valence-electron chi connectivity index (χ0n) is 17.3. The first-order chi connectivity index (χ1) is 16.0. The van der Waals surface area contributed by atoms with E-state index in [0.29, 0.717) is 22.0 Å². The Balaban J connectivity index is 1.42. The molecule has 4 rings (SSSR count). The summed E-state index contributed by atoms with van der Waals surface area (Å²) >= 11 is 1.16. The lowest BCUT2D eigenvalue weighted by molar-refractivity contribution is -0.384. The minimum Gasteiger partial charge on any atom is -0.486 e. The molecule has 1 atom stereocenters. The number of hydrogen-bond acceptors (Lipinski definition) is 7. The van der Waals surface area contributed by atoms with E-state index in [4.69, 9.17) is 4.74 Å². The Labute approximate surface area is 193 Å². The zero-order valence-corrected chi connectivity index (χ0v) is 18.1. The maximum atomic E-state index is 12.7. The number of hydrogen-bond donors (Lipinski definition) is 0. The Morgan fingerprint density at radius 2 is 1.73 bits per heavy atom. The molecule has 0 N–H and O–H groups in total. The molecule has 1 aromatic heterocycles. The van der Waals surface area contributed by atoms with Crippen molar-refractivity contribution in [2.24, 2.45) is 0 Å². The van der Waals surface area contributed by atoms with Gasteiger partial charge in [-0.15, -0.1) is 11.3 Å². The molecule has 0 spiro atoms. The van der Waals surface area contributed by atoms with Crippen molar-refractivity contribution in [2.45, 2.75) is 5.92 Å². The number of ether oxygens (including phenoxy) is 1. The van der Waals surface area contributed by atoms with Crippen LogP contribution in [0.4, 0.5) is 5.69 Å². The summed E-state index contributed by atoms with van der Waals surface area (Å²) in [6.45, 7) is -0.269. The van der Waals surface area contributed by atoms with Crippen LogP contribution in [-0.4, -0.2) is 22.3 Å². The van der Waals surface area contributed by atoms with Gasteiger partial charge in [-0.25, -0.2) is 4.98 Å². The Morgan fingerprint density at radius 3 is 2.42 bits per heavy atom. The average molecular weight is 455 g/mol. The topological polar surface area (TPSA) is 106 Å². The molecule has 0 bridgehead atoms. The molecule has 7 nitrogen and oxygen atoms in total. The Kier molecular flexibility index (Phi) is 6.53. The highest BCUT2D eigenvalue weighted by molar-refractivity contribution is 7.10. The van der Waals surface area contributed by atoms with Crippen LogP contribution in [0.3, 0.4) is 0 Å². The van der Waals surface area contributed by atoms with E-state index in [0.717, 1.165) is 22.5 Å². The van der Waals surface area contributed by atoms with E-state index in [1.54, 1.807) is 29.6 Å². The average Bonchev–Trinajstić information content (AvgIpc) is 3.34. The number of non-ortho nitro benzene ring substituents is 1. The number of ketones is 1. The molecule has 3 aromatic carbocycles. The normalized spacial score (nSPS) is 11.4. The van der Waals surface area contributed by atoms with E-state index in [1.807, 2.05) is 48.5 Å². The Hall–Kier alpha value is -4.35. The number of carbonyl (C=O) groups excluding carboxylic acids is 1. The van der Waals surface area contributed by atoms with Gasteiger partial charge in [-0.3, -0.25) is 14.9 Å². The summed E-state index contributed by atoms with van der Waals surface area (Å²) in [5.74, 6) is -0.966. The smallest absolute Gasteiger partial charge is 0.270 e. The first-order valence-electron chi connectivity index (χ1n) is 9.96. The lowest BCUT2D eigenvalue weighted by atomic mass is 10.1. The number of nitriles is 1. The maximum Gasteiger partial charge on any atom is 0.270 e. The summed E-state index contributed by atoms with van der Waals surface area (Å²) in [6.07, 6.45) is 0. The Morgan fingerprint density at radius 1 is 1.03 bits per heavy atom. The highest BCUT2D eigenvalue weighted by atomic mass is 32.1. The lowest BCUT2D eigenvalue weighted by Crippen LogP contribution is -2.19. The van der Waals surface area contributed by atoms with E-state index < -0.39 is 16.6 Å². The molecule has 1 unspecified atom stereocenters. The van der Waals surface area contributed by atoms with E-state index >= 15 is 0 Å². The second kappa shape index (κ2) is 9.85. The third-order valence-electron chi connectivity index (χ3n) is 4.92. The van der Waals surface area contributed by atoms with E-state index in [2.05, 4.69) is 4.98 Å². The van der Waals surface area contributed by atoms with Crippen molar-refractivity contribution in [1.82, 2.24) is 4.98 Å². The van der Waals surface area contributed by atoms with Gasteiger partial charge in [0.25, 0.3) is 5.69 Å². The third-order valence-corrected chi connectivity index (χ3v) is 5.82. The van der Waals surface area contributed by atoms with E-state index in [9.17, 15) is 20.2 Å². The fraction of sp³-hybridized carbons (Fsp3) is 0.0800. The van der Waals surface area contributed by atoms with Crippen LogP contribution < -0.4 is 4.74 Å². The van der Waals surface area contributed by atoms with Crippen LogP contribution in [0.15, 0.2) is 84.2 Å². The summed E-state index contributed by atoms with van der Waals surface area (Å²) in [7, 11) is 0. The molecular weight excluding hydrogens is 438 g/mol. The van der Waals surface area contributed by atoms with Gasteiger partial charge in [-0.1, -0.05) is 54.6 Å². The molecule has 33 heavy (non-hydrogen) atoms. The fourth-order valence-corrected chi connectivity index (χ4v) is 4.10. The summed E-state index contributed by atoms with van der Waals surface area (Å²) in [6, 6.07) is 25.3. The number of rotatable bonds is 8. The second-order valence-electron chi connectivity index (χ2n) is 7.09. The molecule has 8 heteroatoms. The molecule has 0 amide bonds. The predicted octanol–water partition coefficient (Wildman–Crippen LogP) is 5.64. The monoisotopic (exact) mass is 455 g/mol.